The van der Waals surface area contributed by atoms with Crippen molar-refractivity contribution in [3.05, 3.63) is 41.7 Å². The molecule has 1 aromatic carbocycles. The lowest BCUT2D eigenvalue weighted by Crippen LogP contribution is -1.89. The van der Waals surface area contributed by atoms with Gasteiger partial charge in [-0.05, 0) is 30.2 Å². The van der Waals surface area contributed by atoms with Crippen LogP contribution in [0.2, 0.25) is 0 Å². The van der Waals surface area contributed by atoms with Crippen molar-refractivity contribution >= 4 is 11.9 Å². The number of allylic oxidation sites excluding steroid dienone is 1. The Balaban J connectivity index is 0.00000106. The molecule has 1 aromatic rings. The van der Waals surface area contributed by atoms with Crippen LogP contribution in [0, 0.1) is 5.82 Å². The van der Waals surface area contributed by atoms with Gasteiger partial charge >= 0.3 is 0 Å². The number of halogens is 1. The minimum Gasteiger partial charge on any atom is -0.295 e. The Kier molecular flexibility index (Phi) is 8.04. The number of benzene rings is 1. The summed E-state index contributed by atoms with van der Waals surface area (Å²) in [6.07, 6.45) is 4.67. The minimum atomic E-state index is -0.262. The van der Waals surface area contributed by atoms with Crippen LogP contribution in [-0.2, 0) is 4.79 Å². The zero-order valence-electron chi connectivity index (χ0n) is 10.2. The Labute approximate surface area is 97.0 Å². The fourth-order valence-electron chi connectivity index (χ4n) is 1.09. The number of hydrogen-bond acceptors (Lipinski definition) is 1. The predicted octanol–water partition coefficient (Wildman–Crippen LogP) is 4.23. The largest absolute Gasteiger partial charge is 0.295 e. The first-order valence-electron chi connectivity index (χ1n) is 5.69. The van der Waals surface area contributed by atoms with Gasteiger partial charge in [-0.2, -0.15) is 0 Å². The smallest absolute Gasteiger partial charge is 0.155 e. The van der Waals surface area contributed by atoms with E-state index in [1.165, 1.54) is 18.2 Å². The molecule has 2 heteroatoms. The van der Waals surface area contributed by atoms with Gasteiger partial charge in [-0.3, -0.25) is 4.79 Å². The van der Waals surface area contributed by atoms with Crippen LogP contribution in [-0.4, -0.2) is 5.78 Å². The second-order valence-electron chi connectivity index (χ2n) is 3.10. The maximum atomic E-state index is 12.5. The van der Waals surface area contributed by atoms with E-state index in [0.29, 0.717) is 6.42 Å². The number of ketones is 1. The molecule has 0 spiro atoms. The first-order valence-corrected chi connectivity index (χ1v) is 5.69. The summed E-state index contributed by atoms with van der Waals surface area (Å²) in [6.45, 7) is 5.96. The second-order valence-corrected chi connectivity index (χ2v) is 3.10. The molecule has 1 rings (SSSR count). The SMILES string of the molecule is CC.CCCC(=O)/C=C/c1ccc(F)cc1. The van der Waals surface area contributed by atoms with Crippen molar-refractivity contribution in [1.82, 2.24) is 0 Å². The van der Waals surface area contributed by atoms with E-state index >= 15 is 0 Å². The van der Waals surface area contributed by atoms with E-state index in [-0.39, 0.29) is 11.6 Å². The minimum absolute atomic E-state index is 0.108. The third-order valence-electron chi connectivity index (χ3n) is 1.83. The quantitative estimate of drug-likeness (QED) is 0.696. The van der Waals surface area contributed by atoms with Gasteiger partial charge in [0.15, 0.2) is 5.78 Å². The van der Waals surface area contributed by atoms with Gasteiger partial charge in [0.25, 0.3) is 0 Å². The molecule has 1 nitrogen and oxygen atoms in total. The number of carbonyl (C=O) groups is 1. The van der Waals surface area contributed by atoms with E-state index in [1.54, 1.807) is 18.2 Å². The highest BCUT2D eigenvalue weighted by atomic mass is 19.1. The topological polar surface area (TPSA) is 17.1 Å². The molecule has 0 N–H and O–H groups in total. The molecule has 0 atom stereocenters. The molecule has 0 fully saturated rings. The van der Waals surface area contributed by atoms with Crippen LogP contribution in [0.1, 0.15) is 39.2 Å². The molecule has 0 amide bonds. The summed E-state index contributed by atoms with van der Waals surface area (Å²) in [5.74, 6) is -0.154. The zero-order chi connectivity index (χ0) is 12.4. The van der Waals surface area contributed by atoms with Crippen LogP contribution < -0.4 is 0 Å². The van der Waals surface area contributed by atoms with Gasteiger partial charge in [0.05, 0.1) is 0 Å². The summed E-state index contributed by atoms with van der Waals surface area (Å²) < 4.78 is 12.5. The van der Waals surface area contributed by atoms with Gasteiger partial charge in [0.1, 0.15) is 5.82 Å². The number of hydrogen-bond donors (Lipinski definition) is 0. The molecular formula is C14H19FO. The van der Waals surface area contributed by atoms with Gasteiger partial charge in [0, 0.05) is 6.42 Å². The van der Waals surface area contributed by atoms with E-state index in [1.807, 2.05) is 20.8 Å². The van der Waals surface area contributed by atoms with Crippen molar-refractivity contribution in [1.29, 1.82) is 0 Å². The van der Waals surface area contributed by atoms with Crippen molar-refractivity contribution in [3.63, 3.8) is 0 Å². The van der Waals surface area contributed by atoms with Gasteiger partial charge in [-0.15, -0.1) is 0 Å². The standard InChI is InChI=1S/C12H13FO.C2H6/c1-2-3-12(14)9-6-10-4-7-11(13)8-5-10;1-2/h4-9H,2-3H2,1H3;1-2H3/b9-6+;. The maximum absolute atomic E-state index is 12.5. The molecule has 0 aromatic heterocycles. The van der Waals surface area contributed by atoms with Crippen LogP contribution >= 0.6 is 0 Å². The average molecular weight is 222 g/mol. The monoisotopic (exact) mass is 222 g/mol. The van der Waals surface area contributed by atoms with Crippen molar-refractivity contribution in [3.8, 4) is 0 Å². The van der Waals surface area contributed by atoms with Gasteiger partial charge < -0.3 is 0 Å². The summed E-state index contributed by atoms with van der Waals surface area (Å²) >= 11 is 0. The average Bonchev–Trinajstić information content (AvgIpc) is 2.31. The number of rotatable bonds is 4. The third-order valence-corrected chi connectivity index (χ3v) is 1.83. The maximum Gasteiger partial charge on any atom is 0.155 e. The van der Waals surface area contributed by atoms with E-state index in [0.717, 1.165) is 12.0 Å². The van der Waals surface area contributed by atoms with E-state index < -0.39 is 0 Å². The highest BCUT2D eigenvalue weighted by molar-refractivity contribution is 5.93. The van der Waals surface area contributed by atoms with E-state index in [4.69, 9.17) is 0 Å². The van der Waals surface area contributed by atoms with Crippen LogP contribution in [0.4, 0.5) is 4.39 Å². The molecular weight excluding hydrogens is 203 g/mol. The summed E-state index contributed by atoms with van der Waals surface area (Å²) in [5, 5.41) is 0. The summed E-state index contributed by atoms with van der Waals surface area (Å²) in [6, 6.07) is 6.05. The zero-order valence-corrected chi connectivity index (χ0v) is 10.2. The second kappa shape index (κ2) is 8.84. The van der Waals surface area contributed by atoms with Gasteiger partial charge in [0.2, 0.25) is 0 Å². The molecule has 16 heavy (non-hydrogen) atoms. The molecule has 88 valence electrons. The van der Waals surface area contributed by atoms with Gasteiger partial charge in [-0.25, -0.2) is 4.39 Å². The van der Waals surface area contributed by atoms with Crippen LogP contribution in [0.5, 0.6) is 0 Å². The van der Waals surface area contributed by atoms with E-state index in [2.05, 4.69) is 0 Å². The van der Waals surface area contributed by atoms with Crippen molar-refractivity contribution in [2.75, 3.05) is 0 Å². The number of carbonyl (C=O) groups excluding carboxylic acids is 1. The van der Waals surface area contributed by atoms with Crippen molar-refractivity contribution in [2.45, 2.75) is 33.6 Å². The molecule has 0 radical (unpaired) electrons. The Morgan fingerprint density at radius 1 is 1.25 bits per heavy atom. The Morgan fingerprint density at radius 2 is 1.81 bits per heavy atom. The van der Waals surface area contributed by atoms with Crippen molar-refractivity contribution in [2.24, 2.45) is 0 Å². The lowest BCUT2D eigenvalue weighted by molar-refractivity contribution is -0.114. The Hall–Kier alpha value is -1.44. The van der Waals surface area contributed by atoms with Gasteiger partial charge in [-0.1, -0.05) is 39.0 Å². The summed E-state index contributed by atoms with van der Waals surface area (Å²) in [5.41, 5.74) is 0.843. The summed E-state index contributed by atoms with van der Waals surface area (Å²) in [4.78, 5) is 11.1. The fraction of sp³-hybridized carbons (Fsp3) is 0.357. The third kappa shape index (κ3) is 6.12. The molecule has 0 aliphatic rings. The van der Waals surface area contributed by atoms with Crippen LogP contribution in [0.25, 0.3) is 6.08 Å². The fourth-order valence-corrected chi connectivity index (χ4v) is 1.09. The normalized spacial score (nSPS) is 9.75. The predicted molar refractivity (Wildman–Crippen MR) is 66.7 cm³/mol. The first-order chi connectivity index (χ1) is 7.72. The lowest BCUT2D eigenvalue weighted by atomic mass is 10.1. The summed E-state index contributed by atoms with van der Waals surface area (Å²) in [7, 11) is 0. The molecule has 0 aliphatic heterocycles. The molecule has 0 unspecified atom stereocenters. The highest BCUT2D eigenvalue weighted by Crippen LogP contribution is 2.05. The molecule has 0 aliphatic carbocycles. The Bertz CT molecular complexity index is 325. The van der Waals surface area contributed by atoms with E-state index in [9.17, 15) is 9.18 Å². The van der Waals surface area contributed by atoms with Crippen LogP contribution in [0.15, 0.2) is 30.3 Å². The molecule has 0 heterocycles. The molecule has 0 bridgehead atoms. The lowest BCUT2D eigenvalue weighted by Gasteiger charge is -1.92. The van der Waals surface area contributed by atoms with Crippen LogP contribution in [0.3, 0.4) is 0 Å². The molecule has 0 saturated heterocycles. The van der Waals surface area contributed by atoms with Crippen molar-refractivity contribution < 1.29 is 9.18 Å². The first kappa shape index (κ1) is 14.6. The Morgan fingerprint density at radius 3 is 2.31 bits per heavy atom. The highest BCUT2D eigenvalue weighted by Gasteiger charge is 1.93. The molecule has 0 saturated carbocycles.